The molecule has 9 heteroatoms. The number of benzene rings is 2. The van der Waals surface area contributed by atoms with Crippen LogP contribution in [0.3, 0.4) is 0 Å². The third-order valence-corrected chi connectivity index (χ3v) is 4.34. The number of imide groups is 1. The minimum atomic E-state index is -4.69. The van der Waals surface area contributed by atoms with Crippen LogP contribution < -0.4 is 19.7 Å². The van der Waals surface area contributed by atoms with E-state index in [1.165, 1.54) is 26.4 Å². The van der Waals surface area contributed by atoms with Crippen LogP contribution in [-0.2, 0) is 15.8 Å². The third kappa shape index (κ3) is 3.60. The van der Waals surface area contributed by atoms with E-state index in [1.54, 1.807) is 18.2 Å². The molecule has 148 valence electrons. The van der Waals surface area contributed by atoms with Crippen LogP contribution in [0.25, 0.3) is 0 Å². The van der Waals surface area contributed by atoms with E-state index < -0.39 is 35.3 Å². The predicted molar refractivity (Wildman–Crippen MR) is 95.5 cm³/mol. The number of para-hydroxylation sites is 1. The zero-order valence-electron chi connectivity index (χ0n) is 15.0. The molecule has 0 radical (unpaired) electrons. The fourth-order valence-corrected chi connectivity index (χ4v) is 3.01. The second-order valence-electron chi connectivity index (χ2n) is 6.05. The largest absolute Gasteiger partial charge is 0.497 e. The number of hydrogen-bond acceptors (Lipinski definition) is 5. The molecule has 1 heterocycles. The normalized spacial score (nSPS) is 17.0. The molecular formula is C19H17F3N2O4. The molecule has 1 aliphatic heterocycles. The fourth-order valence-electron chi connectivity index (χ4n) is 3.01. The van der Waals surface area contributed by atoms with E-state index in [1.807, 2.05) is 0 Å². The Morgan fingerprint density at radius 1 is 1.07 bits per heavy atom. The Balaban J connectivity index is 1.90. The third-order valence-electron chi connectivity index (χ3n) is 4.34. The van der Waals surface area contributed by atoms with Crippen molar-refractivity contribution < 1.29 is 32.2 Å². The Hall–Kier alpha value is -3.23. The highest BCUT2D eigenvalue weighted by molar-refractivity contribution is 6.23. The van der Waals surface area contributed by atoms with Crippen molar-refractivity contribution in [3.05, 3.63) is 48.0 Å². The standard InChI is InChI=1S/C19H17F3N2O4/c1-27-11-7-8-13(16(9-11)28-2)23-14-10-17(25)24(18(14)26)15-6-4-3-5-12(15)19(20,21)22/h3-9,14,23H,10H2,1-2H3/t14-/m1/s1. The highest BCUT2D eigenvalue weighted by Gasteiger charge is 2.44. The zero-order chi connectivity index (χ0) is 20.5. The number of alkyl halides is 3. The summed E-state index contributed by atoms with van der Waals surface area (Å²) in [5.74, 6) is -0.586. The van der Waals surface area contributed by atoms with Crippen molar-refractivity contribution in [2.24, 2.45) is 0 Å². The fraction of sp³-hybridized carbons (Fsp3) is 0.263. The van der Waals surface area contributed by atoms with E-state index in [4.69, 9.17) is 9.47 Å². The molecule has 6 nitrogen and oxygen atoms in total. The van der Waals surface area contributed by atoms with E-state index in [2.05, 4.69) is 5.32 Å². The number of carbonyl (C=O) groups is 2. The highest BCUT2D eigenvalue weighted by Crippen LogP contribution is 2.39. The van der Waals surface area contributed by atoms with Gasteiger partial charge >= 0.3 is 6.18 Å². The summed E-state index contributed by atoms with van der Waals surface area (Å²) in [5, 5.41) is 2.88. The van der Waals surface area contributed by atoms with Gasteiger partial charge in [0.25, 0.3) is 5.91 Å². The maximum Gasteiger partial charge on any atom is 0.418 e. The summed E-state index contributed by atoms with van der Waals surface area (Å²) in [4.78, 5) is 25.7. The molecule has 0 bridgehead atoms. The lowest BCUT2D eigenvalue weighted by atomic mass is 10.1. The summed E-state index contributed by atoms with van der Waals surface area (Å²) in [6.07, 6.45) is -4.97. The van der Waals surface area contributed by atoms with Gasteiger partial charge in [-0.1, -0.05) is 12.1 Å². The second kappa shape index (κ2) is 7.41. The monoisotopic (exact) mass is 394 g/mol. The lowest BCUT2D eigenvalue weighted by Gasteiger charge is -2.21. The van der Waals surface area contributed by atoms with Crippen LogP contribution in [0.1, 0.15) is 12.0 Å². The van der Waals surface area contributed by atoms with E-state index in [0.717, 1.165) is 12.1 Å². The minimum absolute atomic E-state index is 0.278. The van der Waals surface area contributed by atoms with Gasteiger partial charge in [0.1, 0.15) is 17.5 Å². The Morgan fingerprint density at radius 2 is 1.79 bits per heavy atom. The van der Waals surface area contributed by atoms with Gasteiger partial charge in [-0.2, -0.15) is 13.2 Å². The van der Waals surface area contributed by atoms with Crippen LogP contribution >= 0.6 is 0 Å². The van der Waals surface area contributed by atoms with Gasteiger partial charge in [-0.25, -0.2) is 4.90 Å². The molecule has 0 spiro atoms. The number of nitrogens with zero attached hydrogens (tertiary/aromatic N) is 1. The Bertz CT molecular complexity index is 914. The topological polar surface area (TPSA) is 67.9 Å². The number of rotatable bonds is 5. The number of carbonyl (C=O) groups excluding carboxylic acids is 2. The molecule has 0 aliphatic carbocycles. The van der Waals surface area contributed by atoms with Crippen molar-refractivity contribution in [3.63, 3.8) is 0 Å². The van der Waals surface area contributed by atoms with Crippen LogP contribution in [-0.4, -0.2) is 32.1 Å². The second-order valence-corrected chi connectivity index (χ2v) is 6.05. The number of nitrogens with one attached hydrogen (secondary N) is 1. The Kier molecular flexibility index (Phi) is 5.17. The summed E-state index contributed by atoms with van der Waals surface area (Å²) in [7, 11) is 2.91. The summed E-state index contributed by atoms with van der Waals surface area (Å²) < 4.78 is 50.2. The maximum atomic E-state index is 13.3. The van der Waals surface area contributed by atoms with Crippen molar-refractivity contribution in [3.8, 4) is 11.5 Å². The van der Waals surface area contributed by atoms with E-state index in [9.17, 15) is 22.8 Å². The molecule has 2 amide bonds. The average molecular weight is 394 g/mol. The first-order valence-electron chi connectivity index (χ1n) is 8.28. The van der Waals surface area contributed by atoms with Crippen molar-refractivity contribution in [1.82, 2.24) is 0 Å². The molecule has 1 N–H and O–H groups in total. The van der Waals surface area contributed by atoms with Gasteiger partial charge in [-0.15, -0.1) is 0 Å². The van der Waals surface area contributed by atoms with Crippen molar-refractivity contribution in [2.75, 3.05) is 24.4 Å². The van der Waals surface area contributed by atoms with Gasteiger partial charge in [0.15, 0.2) is 0 Å². The maximum absolute atomic E-state index is 13.3. The zero-order valence-corrected chi connectivity index (χ0v) is 15.0. The number of methoxy groups -OCH3 is 2. The smallest absolute Gasteiger partial charge is 0.418 e. The van der Waals surface area contributed by atoms with Crippen LogP contribution in [0.2, 0.25) is 0 Å². The number of amides is 2. The SMILES string of the molecule is COc1ccc(N[C@@H]2CC(=O)N(c3ccccc3C(F)(F)F)C2=O)c(OC)c1. The van der Waals surface area contributed by atoms with Gasteiger partial charge < -0.3 is 14.8 Å². The summed E-state index contributed by atoms with van der Waals surface area (Å²) in [6, 6.07) is 8.28. The number of hydrogen-bond donors (Lipinski definition) is 1. The van der Waals surface area contributed by atoms with Crippen LogP contribution in [0.5, 0.6) is 11.5 Å². The van der Waals surface area contributed by atoms with Gasteiger partial charge in [0, 0.05) is 6.07 Å². The average Bonchev–Trinajstić information content (AvgIpc) is 2.94. The molecule has 1 fully saturated rings. The van der Waals surface area contributed by atoms with Crippen molar-refractivity contribution in [1.29, 1.82) is 0 Å². The molecule has 1 aliphatic rings. The van der Waals surface area contributed by atoms with Crippen LogP contribution in [0, 0.1) is 0 Å². The molecular weight excluding hydrogens is 377 g/mol. The first-order chi connectivity index (χ1) is 13.3. The van der Waals surface area contributed by atoms with E-state index in [0.29, 0.717) is 22.1 Å². The highest BCUT2D eigenvalue weighted by atomic mass is 19.4. The summed E-state index contributed by atoms with van der Waals surface area (Å²) >= 11 is 0. The lowest BCUT2D eigenvalue weighted by Crippen LogP contribution is -2.36. The Morgan fingerprint density at radius 3 is 2.43 bits per heavy atom. The summed E-state index contributed by atoms with van der Waals surface area (Å²) in [6.45, 7) is 0. The van der Waals surface area contributed by atoms with Crippen LogP contribution in [0.4, 0.5) is 24.5 Å². The van der Waals surface area contributed by atoms with Gasteiger partial charge in [-0.05, 0) is 24.3 Å². The molecule has 1 atom stereocenters. The quantitative estimate of drug-likeness (QED) is 0.787. The molecule has 28 heavy (non-hydrogen) atoms. The molecule has 0 saturated carbocycles. The molecule has 3 rings (SSSR count). The molecule has 2 aromatic carbocycles. The number of halogens is 3. The molecule has 1 saturated heterocycles. The number of anilines is 2. The Labute approximate surface area is 158 Å². The first-order valence-corrected chi connectivity index (χ1v) is 8.28. The van der Waals surface area contributed by atoms with Gasteiger partial charge in [-0.3, -0.25) is 9.59 Å². The summed E-state index contributed by atoms with van der Waals surface area (Å²) in [5.41, 5.74) is -1.10. The van der Waals surface area contributed by atoms with Crippen LogP contribution in [0.15, 0.2) is 42.5 Å². The molecule has 0 unspecified atom stereocenters. The van der Waals surface area contributed by atoms with Gasteiger partial charge in [0.2, 0.25) is 5.91 Å². The molecule has 2 aromatic rings. The van der Waals surface area contributed by atoms with Crippen molar-refractivity contribution >= 4 is 23.2 Å². The first kappa shape index (κ1) is 19.5. The van der Waals surface area contributed by atoms with E-state index >= 15 is 0 Å². The van der Waals surface area contributed by atoms with E-state index in [-0.39, 0.29) is 6.42 Å². The lowest BCUT2D eigenvalue weighted by molar-refractivity contribution is -0.137. The number of ether oxygens (including phenoxy) is 2. The predicted octanol–water partition coefficient (Wildman–Crippen LogP) is 3.47. The van der Waals surface area contributed by atoms with Crippen molar-refractivity contribution in [2.45, 2.75) is 18.6 Å². The minimum Gasteiger partial charge on any atom is -0.497 e. The molecule has 0 aromatic heterocycles. The van der Waals surface area contributed by atoms with Gasteiger partial charge in [0.05, 0.1) is 37.6 Å².